The average molecular weight is 308 g/mol. The molecule has 3 rings (SSSR count). The fraction of sp³-hybridized carbons (Fsp3) is 0.211. The molecule has 0 aromatic heterocycles. The predicted molar refractivity (Wildman–Crippen MR) is 98.4 cm³/mol. The molecule has 2 aromatic rings. The lowest BCUT2D eigenvalue weighted by Crippen LogP contribution is -2.20. The number of nitrogens with zero attached hydrogens (tertiary/aromatic N) is 2. The van der Waals surface area contributed by atoms with Crippen LogP contribution in [0.15, 0.2) is 64.5 Å². The Labute approximate surface area is 136 Å². The third-order valence-electron chi connectivity index (χ3n) is 3.87. The predicted octanol–water partition coefficient (Wildman–Crippen LogP) is 4.36. The Morgan fingerprint density at radius 1 is 1.05 bits per heavy atom. The lowest BCUT2D eigenvalue weighted by atomic mass is 10.1. The quantitative estimate of drug-likeness (QED) is 0.783. The van der Waals surface area contributed by atoms with Crippen LogP contribution in [-0.2, 0) is 0 Å². The highest BCUT2D eigenvalue weighted by atomic mass is 32.2. The van der Waals surface area contributed by atoms with Crippen LogP contribution in [0.2, 0.25) is 0 Å². The molecule has 2 nitrogen and oxygen atoms in total. The topological polar surface area (TPSA) is 15.6 Å². The number of allylic oxidation sites excluding steroid dienone is 1. The van der Waals surface area contributed by atoms with E-state index in [4.69, 9.17) is 4.99 Å². The van der Waals surface area contributed by atoms with Crippen molar-refractivity contribution in [2.75, 3.05) is 31.3 Å². The summed E-state index contributed by atoms with van der Waals surface area (Å²) in [6, 6.07) is 17.0. The maximum absolute atomic E-state index is 4.77. The van der Waals surface area contributed by atoms with Gasteiger partial charge in [0.25, 0.3) is 0 Å². The number of benzodiazepines with no additional fused rings is 1. The van der Waals surface area contributed by atoms with E-state index in [-0.39, 0.29) is 0 Å². The highest BCUT2D eigenvalue weighted by Gasteiger charge is 2.13. The molecular formula is C19H20N2S. The van der Waals surface area contributed by atoms with Crippen LogP contribution in [0.5, 0.6) is 0 Å². The number of thioether (sulfide) groups is 1. The van der Waals surface area contributed by atoms with Crippen LogP contribution in [0.3, 0.4) is 0 Å². The number of benzene rings is 2. The Hall–Kier alpha value is -2.00. The fourth-order valence-electron chi connectivity index (χ4n) is 2.66. The van der Waals surface area contributed by atoms with Gasteiger partial charge in [-0.2, -0.15) is 0 Å². The summed E-state index contributed by atoms with van der Waals surface area (Å²) in [7, 11) is 2.13. The molecule has 1 heterocycles. The summed E-state index contributed by atoms with van der Waals surface area (Å²) in [5, 5.41) is 0. The van der Waals surface area contributed by atoms with E-state index in [2.05, 4.69) is 78.9 Å². The second kappa shape index (κ2) is 6.84. The fourth-order valence-corrected chi connectivity index (χ4v) is 3.25. The minimum atomic E-state index is 0.828. The highest BCUT2D eigenvalue weighted by molar-refractivity contribution is 7.98. The molecule has 0 saturated carbocycles. The summed E-state index contributed by atoms with van der Waals surface area (Å²) in [5.74, 6) is 0. The third-order valence-corrected chi connectivity index (χ3v) is 4.68. The van der Waals surface area contributed by atoms with E-state index in [0.29, 0.717) is 0 Å². The molecule has 22 heavy (non-hydrogen) atoms. The molecule has 0 atom stereocenters. The first kappa shape index (κ1) is 14.9. The van der Waals surface area contributed by atoms with Gasteiger partial charge in [-0.1, -0.05) is 42.5 Å². The molecule has 0 bridgehead atoms. The molecule has 0 N–H and O–H groups in total. The first-order valence-corrected chi connectivity index (χ1v) is 8.68. The summed E-state index contributed by atoms with van der Waals surface area (Å²) < 4.78 is 0. The molecule has 1 aliphatic heterocycles. The molecule has 0 unspecified atom stereocenters. The van der Waals surface area contributed by atoms with Gasteiger partial charge in [0.15, 0.2) is 0 Å². The molecule has 0 fully saturated rings. The Morgan fingerprint density at radius 3 is 2.68 bits per heavy atom. The Kier molecular flexibility index (Phi) is 4.64. The summed E-state index contributed by atoms with van der Waals surface area (Å²) in [6.07, 6.45) is 6.43. The Morgan fingerprint density at radius 2 is 1.82 bits per heavy atom. The third kappa shape index (κ3) is 3.09. The standard InChI is InChI=1S/C19H20N2S/c1-21-14-13-20-17(16-8-4-5-9-18(16)21)12-11-15-7-3-6-10-19(15)22-2/h3-12H,13-14H2,1-2H3. The molecule has 0 saturated heterocycles. The number of likely N-dealkylation sites (N-methyl/N-ethyl adjacent to an activating group) is 1. The second-order valence-electron chi connectivity index (χ2n) is 5.28. The normalized spacial score (nSPS) is 14.6. The van der Waals surface area contributed by atoms with Gasteiger partial charge < -0.3 is 4.90 Å². The first-order chi connectivity index (χ1) is 10.8. The van der Waals surface area contributed by atoms with E-state index in [1.54, 1.807) is 11.8 Å². The maximum Gasteiger partial charge on any atom is 0.0668 e. The van der Waals surface area contributed by atoms with Crippen molar-refractivity contribution in [3.05, 3.63) is 65.7 Å². The van der Waals surface area contributed by atoms with Gasteiger partial charge in [0, 0.05) is 29.7 Å². The van der Waals surface area contributed by atoms with Crippen molar-refractivity contribution in [2.45, 2.75) is 4.90 Å². The lowest BCUT2D eigenvalue weighted by Gasteiger charge is -2.18. The van der Waals surface area contributed by atoms with E-state index < -0.39 is 0 Å². The van der Waals surface area contributed by atoms with Crippen molar-refractivity contribution in [3.8, 4) is 0 Å². The van der Waals surface area contributed by atoms with Gasteiger partial charge in [-0.25, -0.2) is 0 Å². The van der Waals surface area contributed by atoms with Crippen LogP contribution in [0.25, 0.3) is 6.08 Å². The zero-order valence-corrected chi connectivity index (χ0v) is 13.8. The number of hydrogen-bond acceptors (Lipinski definition) is 3. The van der Waals surface area contributed by atoms with Crippen molar-refractivity contribution >= 4 is 29.2 Å². The Bertz CT molecular complexity index is 719. The number of rotatable bonds is 3. The largest absolute Gasteiger partial charge is 0.372 e. The van der Waals surface area contributed by atoms with Crippen molar-refractivity contribution in [2.24, 2.45) is 4.99 Å². The van der Waals surface area contributed by atoms with E-state index in [9.17, 15) is 0 Å². The number of fused-ring (bicyclic) bond motifs is 1. The summed E-state index contributed by atoms with van der Waals surface area (Å²) in [5.41, 5.74) is 4.77. The number of para-hydroxylation sites is 1. The van der Waals surface area contributed by atoms with Crippen molar-refractivity contribution in [3.63, 3.8) is 0 Å². The van der Waals surface area contributed by atoms with Gasteiger partial charge in [0.05, 0.1) is 12.3 Å². The van der Waals surface area contributed by atoms with Crippen LogP contribution in [0, 0.1) is 0 Å². The van der Waals surface area contributed by atoms with Crippen molar-refractivity contribution in [1.29, 1.82) is 0 Å². The van der Waals surface area contributed by atoms with E-state index in [0.717, 1.165) is 18.8 Å². The molecule has 0 radical (unpaired) electrons. The molecular weight excluding hydrogens is 288 g/mol. The van der Waals surface area contributed by atoms with Crippen LogP contribution >= 0.6 is 11.8 Å². The van der Waals surface area contributed by atoms with Gasteiger partial charge in [-0.15, -0.1) is 11.8 Å². The molecule has 1 aliphatic rings. The minimum absolute atomic E-state index is 0.828. The number of hydrogen-bond donors (Lipinski definition) is 0. The SMILES string of the molecule is CSc1ccccc1C=CC1=NCCN(C)c2ccccc21. The van der Waals surface area contributed by atoms with E-state index in [1.165, 1.54) is 21.7 Å². The van der Waals surface area contributed by atoms with Crippen LogP contribution < -0.4 is 4.90 Å². The van der Waals surface area contributed by atoms with Gasteiger partial charge in [-0.3, -0.25) is 4.99 Å². The van der Waals surface area contributed by atoms with Crippen molar-refractivity contribution < 1.29 is 0 Å². The second-order valence-corrected chi connectivity index (χ2v) is 6.13. The Balaban J connectivity index is 1.96. The zero-order valence-electron chi connectivity index (χ0n) is 13.0. The summed E-state index contributed by atoms with van der Waals surface area (Å²) in [6.45, 7) is 1.78. The monoisotopic (exact) mass is 308 g/mol. The van der Waals surface area contributed by atoms with Gasteiger partial charge >= 0.3 is 0 Å². The molecule has 0 spiro atoms. The first-order valence-electron chi connectivity index (χ1n) is 7.45. The number of anilines is 1. The maximum atomic E-state index is 4.77. The van der Waals surface area contributed by atoms with E-state index >= 15 is 0 Å². The van der Waals surface area contributed by atoms with Crippen LogP contribution in [0.4, 0.5) is 5.69 Å². The van der Waals surface area contributed by atoms with Crippen molar-refractivity contribution in [1.82, 2.24) is 0 Å². The van der Waals surface area contributed by atoms with Crippen LogP contribution in [0.1, 0.15) is 11.1 Å². The smallest absolute Gasteiger partial charge is 0.0668 e. The summed E-state index contributed by atoms with van der Waals surface area (Å²) in [4.78, 5) is 8.33. The zero-order chi connectivity index (χ0) is 15.4. The van der Waals surface area contributed by atoms with Crippen LogP contribution in [-0.4, -0.2) is 32.1 Å². The minimum Gasteiger partial charge on any atom is -0.372 e. The lowest BCUT2D eigenvalue weighted by molar-refractivity contribution is 0.897. The molecule has 0 aliphatic carbocycles. The number of aliphatic imine (C=N–C) groups is 1. The molecule has 2 aromatic carbocycles. The average Bonchev–Trinajstić information content (AvgIpc) is 2.73. The van der Waals surface area contributed by atoms with Gasteiger partial charge in [0.2, 0.25) is 0 Å². The molecule has 112 valence electrons. The molecule has 3 heteroatoms. The highest BCUT2D eigenvalue weighted by Crippen LogP contribution is 2.24. The molecule has 0 amide bonds. The summed E-state index contributed by atoms with van der Waals surface area (Å²) >= 11 is 1.77. The van der Waals surface area contributed by atoms with E-state index in [1.807, 2.05) is 0 Å². The van der Waals surface area contributed by atoms with Gasteiger partial charge in [0.1, 0.15) is 0 Å². The van der Waals surface area contributed by atoms with Gasteiger partial charge in [-0.05, 0) is 30.0 Å².